The minimum Gasteiger partial charge on any atom is -0.365 e. The summed E-state index contributed by atoms with van der Waals surface area (Å²) in [5.41, 5.74) is 2.26. The van der Waals surface area contributed by atoms with Crippen LogP contribution in [-0.2, 0) is 13.1 Å². The molecule has 0 aliphatic carbocycles. The molecule has 0 bridgehead atoms. The molecule has 0 saturated heterocycles. The summed E-state index contributed by atoms with van der Waals surface area (Å²) < 4.78 is 0. The monoisotopic (exact) mass is 296 g/mol. The van der Waals surface area contributed by atoms with Crippen LogP contribution < -0.4 is 5.32 Å². The molecule has 2 aromatic rings. The van der Waals surface area contributed by atoms with Crippen LogP contribution in [0.2, 0.25) is 0 Å². The number of hydrogen-bond donors (Lipinski definition) is 1. The highest BCUT2D eigenvalue weighted by Crippen LogP contribution is 2.20. The third-order valence-electron chi connectivity index (χ3n) is 2.69. The highest BCUT2D eigenvalue weighted by atomic mass is 32.1. The molecule has 6 heteroatoms. The summed E-state index contributed by atoms with van der Waals surface area (Å²) in [4.78, 5) is 11.4. The van der Waals surface area contributed by atoms with Crippen molar-refractivity contribution in [3.05, 3.63) is 27.2 Å². The predicted molar refractivity (Wildman–Crippen MR) is 83.0 cm³/mol. The van der Waals surface area contributed by atoms with Crippen LogP contribution in [0, 0.1) is 0 Å². The van der Waals surface area contributed by atoms with E-state index in [4.69, 9.17) is 0 Å². The van der Waals surface area contributed by atoms with E-state index in [1.54, 1.807) is 22.7 Å². The van der Waals surface area contributed by atoms with Crippen LogP contribution in [0.15, 0.2) is 10.8 Å². The molecule has 0 radical (unpaired) electrons. The van der Waals surface area contributed by atoms with Crippen LogP contribution in [0.5, 0.6) is 0 Å². The molecule has 1 N–H and O–H groups in total. The molecule has 0 fully saturated rings. The van der Waals surface area contributed by atoms with Crippen molar-refractivity contribution in [3.63, 3.8) is 0 Å². The molecule has 0 aromatic carbocycles. The van der Waals surface area contributed by atoms with Gasteiger partial charge in [0.1, 0.15) is 0 Å². The lowest BCUT2D eigenvalue weighted by Gasteiger charge is -2.13. The quantitative estimate of drug-likeness (QED) is 0.887. The van der Waals surface area contributed by atoms with Crippen LogP contribution in [0.25, 0.3) is 0 Å². The lowest BCUT2D eigenvalue weighted by Crippen LogP contribution is -2.17. The zero-order valence-corrected chi connectivity index (χ0v) is 13.4. The third-order valence-corrected chi connectivity index (χ3v) is 4.80. The number of aromatic nitrogens is 2. The second-order valence-electron chi connectivity index (χ2n) is 4.90. The standard InChI is InChI=1S/C13H20N4S2/c1-9(2)12-15-10(7-18-12)5-17(4)6-11-8-19-13(14-3)16-11/h7-9H,5-6H2,1-4H3,(H,14,16). The van der Waals surface area contributed by atoms with E-state index in [0.29, 0.717) is 5.92 Å². The Morgan fingerprint density at radius 1 is 1.16 bits per heavy atom. The van der Waals surface area contributed by atoms with Gasteiger partial charge in [-0.3, -0.25) is 4.90 Å². The fourth-order valence-electron chi connectivity index (χ4n) is 1.76. The Kier molecular flexibility index (Phi) is 4.90. The smallest absolute Gasteiger partial charge is 0.182 e. The molecular weight excluding hydrogens is 276 g/mol. The van der Waals surface area contributed by atoms with Gasteiger partial charge < -0.3 is 5.32 Å². The predicted octanol–water partition coefficient (Wildman–Crippen LogP) is 3.40. The van der Waals surface area contributed by atoms with E-state index in [2.05, 4.69) is 51.8 Å². The van der Waals surface area contributed by atoms with Crippen LogP contribution in [0.1, 0.15) is 36.2 Å². The van der Waals surface area contributed by atoms with Gasteiger partial charge in [0.05, 0.1) is 16.4 Å². The molecule has 19 heavy (non-hydrogen) atoms. The number of nitrogens with zero attached hydrogens (tertiary/aromatic N) is 3. The first kappa shape index (κ1) is 14.4. The zero-order chi connectivity index (χ0) is 13.8. The Morgan fingerprint density at radius 3 is 2.32 bits per heavy atom. The normalized spacial score (nSPS) is 11.5. The maximum atomic E-state index is 4.66. The zero-order valence-electron chi connectivity index (χ0n) is 11.8. The van der Waals surface area contributed by atoms with Crippen molar-refractivity contribution in [1.29, 1.82) is 0 Å². The second kappa shape index (κ2) is 6.45. The summed E-state index contributed by atoms with van der Waals surface area (Å²) in [5, 5.41) is 9.51. The molecule has 4 nitrogen and oxygen atoms in total. The van der Waals surface area contributed by atoms with Crippen LogP contribution in [0.3, 0.4) is 0 Å². The van der Waals surface area contributed by atoms with Gasteiger partial charge in [0.15, 0.2) is 5.13 Å². The number of nitrogens with one attached hydrogen (secondary N) is 1. The molecular formula is C13H20N4S2. The molecule has 2 heterocycles. The van der Waals surface area contributed by atoms with Gasteiger partial charge in [-0.1, -0.05) is 13.8 Å². The first-order chi connectivity index (χ1) is 9.08. The van der Waals surface area contributed by atoms with Gasteiger partial charge in [0.25, 0.3) is 0 Å². The van der Waals surface area contributed by atoms with Gasteiger partial charge in [-0.2, -0.15) is 0 Å². The lowest BCUT2D eigenvalue weighted by atomic mass is 10.2. The van der Waals surface area contributed by atoms with Crippen molar-refractivity contribution in [2.75, 3.05) is 19.4 Å². The fraction of sp³-hybridized carbons (Fsp3) is 0.538. The van der Waals surface area contributed by atoms with Crippen molar-refractivity contribution in [3.8, 4) is 0 Å². The van der Waals surface area contributed by atoms with Crippen LogP contribution in [-0.4, -0.2) is 29.0 Å². The lowest BCUT2D eigenvalue weighted by molar-refractivity contribution is 0.312. The molecule has 0 aliphatic rings. The van der Waals surface area contributed by atoms with Crippen molar-refractivity contribution in [2.24, 2.45) is 0 Å². The van der Waals surface area contributed by atoms with E-state index in [-0.39, 0.29) is 0 Å². The Morgan fingerprint density at radius 2 is 1.79 bits per heavy atom. The summed E-state index contributed by atoms with van der Waals surface area (Å²) in [7, 11) is 4.00. The third kappa shape index (κ3) is 3.99. The average molecular weight is 296 g/mol. The fourth-order valence-corrected chi connectivity index (χ4v) is 3.25. The molecule has 0 aliphatic heterocycles. The van der Waals surface area contributed by atoms with E-state index >= 15 is 0 Å². The van der Waals surface area contributed by atoms with Gasteiger partial charge in [-0.25, -0.2) is 9.97 Å². The molecule has 0 saturated carbocycles. The first-order valence-electron chi connectivity index (χ1n) is 6.33. The maximum Gasteiger partial charge on any atom is 0.182 e. The minimum absolute atomic E-state index is 0.515. The highest BCUT2D eigenvalue weighted by molar-refractivity contribution is 7.13. The van der Waals surface area contributed by atoms with Crippen molar-refractivity contribution >= 4 is 27.8 Å². The molecule has 0 amide bonds. The first-order valence-corrected chi connectivity index (χ1v) is 8.09. The van der Waals surface area contributed by atoms with Gasteiger partial charge in [-0.15, -0.1) is 22.7 Å². The Labute approximate surface area is 122 Å². The number of rotatable bonds is 6. The Bertz CT molecular complexity index is 518. The second-order valence-corrected chi connectivity index (χ2v) is 6.65. The van der Waals surface area contributed by atoms with Gasteiger partial charge >= 0.3 is 0 Å². The summed E-state index contributed by atoms with van der Waals surface area (Å²) in [6, 6.07) is 0. The van der Waals surface area contributed by atoms with Crippen LogP contribution in [0.4, 0.5) is 5.13 Å². The number of hydrogen-bond acceptors (Lipinski definition) is 6. The summed E-state index contributed by atoms with van der Waals surface area (Å²) in [6.07, 6.45) is 0. The largest absolute Gasteiger partial charge is 0.365 e. The Hall–Kier alpha value is -0.980. The summed E-state index contributed by atoms with van der Waals surface area (Å²) >= 11 is 3.40. The molecule has 0 spiro atoms. The molecule has 2 aromatic heterocycles. The number of anilines is 1. The average Bonchev–Trinajstić information content (AvgIpc) is 2.98. The molecule has 0 atom stereocenters. The van der Waals surface area contributed by atoms with Crippen molar-refractivity contribution in [2.45, 2.75) is 32.9 Å². The molecule has 104 valence electrons. The van der Waals surface area contributed by atoms with Gasteiger partial charge in [0, 0.05) is 36.8 Å². The Balaban J connectivity index is 1.91. The maximum absolute atomic E-state index is 4.66. The topological polar surface area (TPSA) is 41.1 Å². The molecule has 0 unspecified atom stereocenters. The minimum atomic E-state index is 0.515. The van der Waals surface area contributed by atoms with Gasteiger partial charge in [-0.05, 0) is 7.05 Å². The van der Waals surface area contributed by atoms with Gasteiger partial charge in [0.2, 0.25) is 0 Å². The van der Waals surface area contributed by atoms with E-state index < -0.39 is 0 Å². The highest BCUT2D eigenvalue weighted by Gasteiger charge is 2.09. The SMILES string of the molecule is CNc1nc(CN(C)Cc2csc(C(C)C)n2)cs1. The van der Waals surface area contributed by atoms with E-state index in [9.17, 15) is 0 Å². The van der Waals surface area contributed by atoms with E-state index in [0.717, 1.165) is 29.6 Å². The number of thiazole rings is 2. The van der Waals surface area contributed by atoms with Crippen LogP contribution >= 0.6 is 22.7 Å². The van der Waals surface area contributed by atoms with E-state index in [1.165, 1.54) is 5.01 Å². The van der Waals surface area contributed by atoms with Crippen molar-refractivity contribution in [1.82, 2.24) is 14.9 Å². The molecule has 2 rings (SSSR count). The summed E-state index contributed by atoms with van der Waals surface area (Å²) in [5.74, 6) is 0.515. The van der Waals surface area contributed by atoms with Crippen molar-refractivity contribution < 1.29 is 0 Å². The van der Waals surface area contributed by atoms with E-state index in [1.807, 2.05) is 7.05 Å². The summed E-state index contributed by atoms with van der Waals surface area (Å²) in [6.45, 7) is 6.09.